The Labute approximate surface area is 198 Å². The molecule has 7 nitrogen and oxygen atoms in total. The number of piperidine rings is 1. The van der Waals surface area contributed by atoms with Crippen molar-refractivity contribution in [1.29, 1.82) is 0 Å². The largest absolute Gasteiger partial charge is 0.369 e. The predicted molar refractivity (Wildman–Crippen MR) is 132 cm³/mol. The van der Waals surface area contributed by atoms with Crippen molar-refractivity contribution in [3.8, 4) is 0 Å². The third-order valence-electron chi connectivity index (χ3n) is 7.13. The highest BCUT2D eigenvalue weighted by Crippen LogP contribution is 2.24. The van der Waals surface area contributed by atoms with Crippen molar-refractivity contribution >= 4 is 11.6 Å². The molecule has 4 rings (SSSR count). The number of amides is 1. The molecule has 2 fully saturated rings. The number of anilines is 1. The normalized spacial score (nSPS) is 19.9. The van der Waals surface area contributed by atoms with Gasteiger partial charge < -0.3 is 15.1 Å². The van der Waals surface area contributed by atoms with Gasteiger partial charge in [0.1, 0.15) is 5.69 Å². The Morgan fingerprint density at radius 3 is 2.58 bits per heavy atom. The first kappa shape index (κ1) is 23.6. The molecule has 0 aliphatic carbocycles. The summed E-state index contributed by atoms with van der Waals surface area (Å²) in [5.74, 6) is -0.164. The molecule has 2 aromatic heterocycles. The number of pyridine rings is 2. The maximum absolute atomic E-state index is 12.5. The lowest BCUT2D eigenvalue weighted by Gasteiger charge is -2.39. The van der Waals surface area contributed by atoms with Gasteiger partial charge in [-0.25, -0.2) is 0 Å². The van der Waals surface area contributed by atoms with Gasteiger partial charge in [-0.2, -0.15) is 0 Å². The van der Waals surface area contributed by atoms with E-state index in [1.165, 1.54) is 38.9 Å². The molecule has 1 atom stereocenters. The minimum atomic E-state index is -0.164. The van der Waals surface area contributed by atoms with Gasteiger partial charge in [-0.05, 0) is 76.9 Å². The molecule has 2 aliphatic rings. The Hall–Kier alpha value is -2.51. The molecule has 0 radical (unpaired) electrons. The van der Waals surface area contributed by atoms with Crippen LogP contribution in [0.4, 0.5) is 5.69 Å². The Morgan fingerprint density at radius 2 is 1.85 bits per heavy atom. The summed E-state index contributed by atoms with van der Waals surface area (Å²) in [7, 11) is 0. The molecule has 33 heavy (non-hydrogen) atoms. The fraction of sp³-hybridized carbons (Fsp3) is 0.577. The molecule has 0 bridgehead atoms. The molecule has 2 aromatic rings. The van der Waals surface area contributed by atoms with Gasteiger partial charge in [0.25, 0.3) is 5.91 Å². The predicted octanol–water partition coefficient (Wildman–Crippen LogP) is 3.35. The third-order valence-corrected chi connectivity index (χ3v) is 7.13. The summed E-state index contributed by atoms with van der Waals surface area (Å²) in [6.07, 6.45) is 9.16. The monoisotopic (exact) mass is 450 g/mol. The molecule has 1 amide bonds. The maximum atomic E-state index is 12.5. The van der Waals surface area contributed by atoms with E-state index in [-0.39, 0.29) is 11.9 Å². The van der Waals surface area contributed by atoms with Gasteiger partial charge in [-0.15, -0.1) is 0 Å². The second-order valence-corrected chi connectivity index (χ2v) is 9.62. The van der Waals surface area contributed by atoms with Crippen LogP contribution in [0.3, 0.4) is 0 Å². The number of nitrogens with zero attached hydrogens (tertiary/aromatic N) is 5. The summed E-state index contributed by atoms with van der Waals surface area (Å²) in [5.41, 5.74) is 2.59. The van der Waals surface area contributed by atoms with E-state index in [1.807, 2.05) is 31.5 Å². The van der Waals surface area contributed by atoms with Crippen molar-refractivity contribution in [3.63, 3.8) is 0 Å². The smallest absolute Gasteiger partial charge is 0.270 e. The quantitative estimate of drug-likeness (QED) is 0.728. The van der Waals surface area contributed by atoms with E-state index < -0.39 is 0 Å². The molecule has 2 saturated heterocycles. The van der Waals surface area contributed by atoms with Crippen LogP contribution in [0.25, 0.3) is 0 Å². The molecule has 1 unspecified atom stereocenters. The van der Waals surface area contributed by atoms with E-state index in [0.717, 1.165) is 30.9 Å². The summed E-state index contributed by atoms with van der Waals surface area (Å²) in [5, 5.41) is 3.04. The zero-order valence-corrected chi connectivity index (χ0v) is 20.3. The molecule has 2 aliphatic heterocycles. The van der Waals surface area contributed by atoms with E-state index in [0.29, 0.717) is 17.8 Å². The van der Waals surface area contributed by atoms with Crippen LogP contribution in [0.5, 0.6) is 0 Å². The van der Waals surface area contributed by atoms with E-state index in [1.54, 1.807) is 12.3 Å². The van der Waals surface area contributed by atoms with Gasteiger partial charge in [-0.3, -0.25) is 19.7 Å². The molecule has 7 heteroatoms. The van der Waals surface area contributed by atoms with Crippen LogP contribution in [-0.2, 0) is 0 Å². The highest BCUT2D eigenvalue weighted by Gasteiger charge is 2.27. The van der Waals surface area contributed by atoms with Crippen molar-refractivity contribution in [2.75, 3.05) is 44.2 Å². The molecular formula is C26H38N6O. The van der Waals surface area contributed by atoms with Crippen LogP contribution in [0.1, 0.15) is 62.1 Å². The lowest BCUT2D eigenvalue weighted by molar-refractivity contribution is 0.0934. The number of aromatic nitrogens is 2. The Bertz CT molecular complexity index is 897. The van der Waals surface area contributed by atoms with Gasteiger partial charge in [0, 0.05) is 50.7 Å². The van der Waals surface area contributed by atoms with Gasteiger partial charge in [0.05, 0.1) is 17.9 Å². The first-order valence-electron chi connectivity index (χ1n) is 12.4. The van der Waals surface area contributed by atoms with Crippen LogP contribution >= 0.6 is 0 Å². The SMILES string of the molecule is CC(NC(=O)c1ccccn1)c1cncc(N2CCCN(C3CCN(C(C)C)CC3)CC2)c1. The molecule has 0 spiro atoms. The van der Waals surface area contributed by atoms with Gasteiger partial charge in [0.2, 0.25) is 0 Å². The molecule has 0 aromatic carbocycles. The van der Waals surface area contributed by atoms with Gasteiger partial charge in [-0.1, -0.05) is 6.07 Å². The summed E-state index contributed by atoms with van der Waals surface area (Å²) in [4.78, 5) is 28.9. The average molecular weight is 451 g/mol. The van der Waals surface area contributed by atoms with E-state index >= 15 is 0 Å². The van der Waals surface area contributed by atoms with Crippen LogP contribution < -0.4 is 10.2 Å². The Kier molecular flexibility index (Phi) is 7.93. The second kappa shape index (κ2) is 11.1. The van der Waals surface area contributed by atoms with E-state index in [9.17, 15) is 4.79 Å². The lowest BCUT2D eigenvalue weighted by atomic mass is 10.0. The van der Waals surface area contributed by atoms with E-state index in [4.69, 9.17) is 0 Å². The number of rotatable bonds is 6. The fourth-order valence-corrected chi connectivity index (χ4v) is 5.03. The third kappa shape index (κ3) is 6.09. The number of likely N-dealkylation sites (tertiary alicyclic amines) is 1. The van der Waals surface area contributed by atoms with Crippen molar-refractivity contribution in [1.82, 2.24) is 25.1 Å². The minimum absolute atomic E-state index is 0.137. The molecule has 1 N–H and O–H groups in total. The highest BCUT2D eigenvalue weighted by atomic mass is 16.1. The summed E-state index contributed by atoms with van der Waals surface area (Å²) in [6, 6.07) is 8.77. The first-order chi connectivity index (χ1) is 16.0. The Morgan fingerprint density at radius 1 is 1.03 bits per heavy atom. The van der Waals surface area contributed by atoms with Crippen LogP contribution in [0.15, 0.2) is 42.9 Å². The summed E-state index contributed by atoms with van der Waals surface area (Å²) in [6.45, 7) is 13.4. The van der Waals surface area contributed by atoms with Crippen LogP contribution in [-0.4, -0.2) is 77.0 Å². The zero-order valence-electron chi connectivity index (χ0n) is 20.3. The van der Waals surface area contributed by atoms with Gasteiger partial charge in [0.15, 0.2) is 0 Å². The molecular weight excluding hydrogens is 412 g/mol. The minimum Gasteiger partial charge on any atom is -0.369 e. The zero-order chi connectivity index (χ0) is 23.2. The van der Waals surface area contributed by atoms with Crippen molar-refractivity contribution in [3.05, 3.63) is 54.1 Å². The number of carbonyl (C=O) groups excluding carboxylic acids is 1. The van der Waals surface area contributed by atoms with Gasteiger partial charge >= 0.3 is 0 Å². The number of hydrogen-bond acceptors (Lipinski definition) is 6. The highest BCUT2D eigenvalue weighted by molar-refractivity contribution is 5.92. The van der Waals surface area contributed by atoms with Crippen molar-refractivity contribution < 1.29 is 4.79 Å². The van der Waals surface area contributed by atoms with E-state index in [2.05, 4.69) is 49.9 Å². The Balaban J connectivity index is 1.34. The second-order valence-electron chi connectivity index (χ2n) is 9.62. The lowest BCUT2D eigenvalue weighted by Crippen LogP contribution is -2.47. The maximum Gasteiger partial charge on any atom is 0.270 e. The number of hydrogen-bond donors (Lipinski definition) is 1. The summed E-state index contributed by atoms with van der Waals surface area (Å²) >= 11 is 0. The molecule has 178 valence electrons. The summed E-state index contributed by atoms with van der Waals surface area (Å²) < 4.78 is 0. The standard InChI is InChI=1S/C26H38N6O/c1-20(2)30-13-8-23(9-14-30)31-11-6-12-32(16-15-31)24-17-22(18-27-19-24)21(3)29-26(33)25-7-4-5-10-28-25/h4-5,7,10,17-21,23H,6,8-9,11-16H2,1-3H3,(H,29,33). The molecule has 4 heterocycles. The topological polar surface area (TPSA) is 64.6 Å². The molecule has 0 saturated carbocycles. The first-order valence-corrected chi connectivity index (χ1v) is 12.4. The number of nitrogens with one attached hydrogen (secondary N) is 1. The van der Waals surface area contributed by atoms with Crippen LogP contribution in [0.2, 0.25) is 0 Å². The van der Waals surface area contributed by atoms with Crippen molar-refractivity contribution in [2.45, 2.75) is 58.2 Å². The van der Waals surface area contributed by atoms with Crippen LogP contribution in [0, 0.1) is 0 Å². The van der Waals surface area contributed by atoms with Crippen molar-refractivity contribution in [2.24, 2.45) is 0 Å². The average Bonchev–Trinajstić information content (AvgIpc) is 3.11. The number of carbonyl (C=O) groups is 1. The fourth-order valence-electron chi connectivity index (χ4n) is 5.03.